The van der Waals surface area contributed by atoms with E-state index < -0.39 is 0 Å². The first-order valence-corrected chi connectivity index (χ1v) is 7.97. The van der Waals surface area contributed by atoms with E-state index in [0.717, 1.165) is 28.3 Å². The minimum Gasteiger partial charge on any atom is -0.343 e. The minimum atomic E-state index is -0.348. The Bertz CT molecular complexity index is 823. The Morgan fingerprint density at radius 3 is 2.74 bits per heavy atom. The molecule has 0 saturated heterocycles. The van der Waals surface area contributed by atoms with E-state index in [9.17, 15) is 4.79 Å². The molecule has 2 aliphatic heterocycles. The molecule has 2 aromatic carbocycles. The number of rotatable bonds is 2. The number of anilines is 2. The summed E-state index contributed by atoms with van der Waals surface area (Å²) in [6.07, 6.45) is 0. The number of carbonyl (C=O) groups excluding carboxylic acids is 1. The standard InChI is InChI=1S/C19H19N3O/c1-11(2)12-7-8-14-16(9-12)22-19(23)17(14)18-20-10-13-5-3-4-6-15(13)21-18/h3-9,11,17H,10H2,1-2H3,(H,20,21)(H,22,23). The molecule has 0 aromatic heterocycles. The van der Waals surface area contributed by atoms with Crippen molar-refractivity contribution < 1.29 is 4.79 Å². The fourth-order valence-electron chi connectivity index (χ4n) is 3.20. The molecule has 4 heteroatoms. The summed E-state index contributed by atoms with van der Waals surface area (Å²) in [5.41, 5.74) is 5.34. The largest absolute Gasteiger partial charge is 0.343 e. The van der Waals surface area contributed by atoms with E-state index in [-0.39, 0.29) is 11.8 Å². The van der Waals surface area contributed by atoms with Gasteiger partial charge in [-0.1, -0.05) is 44.2 Å². The van der Waals surface area contributed by atoms with Crippen molar-refractivity contribution in [2.45, 2.75) is 32.2 Å². The molecule has 0 radical (unpaired) electrons. The molecule has 0 saturated carbocycles. The van der Waals surface area contributed by atoms with Gasteiger partial charge in [0.15, 0.2) is 0 Å². The monoisotopic (exact) mass is 305 g/mol. The van der Waals surface area contributed by atoms with Gasteiger partial charge >= 0.3 is 0 Å². The van der Waals surface area contributed by atoms with Crippen LogP contribution in [0.4, 0.5) is 11.4 Å². The van der Waals surface area contributed by atoms with Crippen LogP contribution in [0.5, 0.6) is 0 Å². The highest BCUT2D eigenvalue weighted by Gasteiger charge is 2.36. The molecule has 1 unspecified atom stereocenters. The quantitative estimate of drug-likeness (QED) is 0.885. The van der Waals surface area contributed by atoms with Gasteiger partial charge in [-0.15, -0.1) is 0 Å². The Morgan fingerprint density at radius 2 is 1.91 bits per heavy atom. The number of carbonyl (C=O) groups is 1. The Kier molecular flexibility index (Phi) is 3.18. The van der Waals surface area contributed by atoms with Crippen molar-refractivity contribution in [1.82, 2.24) is 0 Å². The van der Waals surface area contributed by atoms with Crippen molar-refractivity contribution in [2.75, 3.05) is 10.6 Å². The number of hydrogen-bond donors (Lipinski definition) is 2. The maximum atomic E-state index is 12.5. The first-order chi connectivity index (χ1) is 11.1. The molecular weight excluding hydrogens is 286 g/mol. The highest BCUT2D eigenvalue weighted by Crippen LogP contribution is 2.37. The van der Waals surface area contributed by atoms with Gasteiger partial charge in [-0.05, 0) is 34.7 Å². The number of nitrogens with zero attached hydrogens (tertiary/aromatic N) is 1. The molecule has 116 valence electrons. The second-order valence-corrected chi connectivity index (χ2v) is 6.41. The Balaban J connectivity index is 1.69. The van der Waals surface area contributed by atoms with Gasteiger partial charge in [-0.2, -0.15) is 0 Å². The van der Waals surface area contributed by atoms with Crippen molar-refractivity contribution >= 4 is 23.1 Å². The van der Waals surface area contributed by atoms with Crippen LogP contribution in [0, 0.1) is 0 Å². The van der Waals surface area contributed by atoms with Crippen LogP contribution in [0.3, 0.4) is 0 Å². The molecular formula is C19H19N3O. The van der Waals surface area contributed by atoms with Crippen molar-refractivity contribution in [3.8, 4) is 0 Å². The number of aliphatic imine (C=N–C) groups is 1. The van der Waals surface area contributed by atoms with Crippen LogP contribution in [0.2, 0.25) is 0 Å². The van der Waals surface area contributed by atoms with E-state index in [0.29, 0.717) is 12.5 Å². The first kappa shape index (κ1) is 14.0. The highest BCUT2D eigenvalue weighted by atomic mass is 16.2. The van der Waals surface area contributed by atoms with Crippen LogP contribution in [-0.4, -0.2) is 11.7 Å². The van der Waals surface area contributed by atoms with Crippen LogP contribution in [0.25, 0.3) is 0 Å². The van der Waals surface area contributed by atoms with Gasteiger partial charge < -0.3 is 10.6 Å². The predicted octanol–water partition coefficient (Wildman–Crippen LogP) is 3.87. The van der Waals surface area contributed by atoms with Gasteiger partial charge in [-0.3, -0.25) is 9.79 Å². The van der Waals surface area contributed by atoms with E-state index in [4.69, 9.17) is 0 Å². The molecule has 2 N–H and O–H groups in total. The zero-order valence-corrected chi connectivity index (χ0v) is 13.3. The summed E-state index contributed by atoms with van der Waals surface area (Å²) in [6, 6.07) is 14.3. The average molecular weight is 305 g/mol. The molecule has 1 atom stereocenters. The van der Waals surface area contributed by atoms with Gasteiger partial charge in [0.1, 0.15) is 11.8 Å². The number of amides is 1. The Hall–Kier alpha value is -2.62. The molecule has 23 heavy (non-hydrogen) atoms. The summed E-state index contributed by atoms with van der Waals surface area (Å²) < 4.78 is 0. The zero-order chi connectivity index (χ0) is 16.0. The maximum Gasteiger partial charge on any atom is 0.239 e. The molecule has 4 rings (SSSR count). The number of para-hydroxylation sites is 1. The van der Waals surface area contributed by atoms with Crippen LogP contribution < -0.4 is 10.6 Å². The Morgan fingerprint density at radius 1 is 1.09 bits per heavy atom. The fourth-order valence-corrected chi connectivity index (χ4v) is 3.20. The number of fused-ring (bicyclic) bond motifs is 2. The van der Waals surface area contributed by atoms with Gasteiger partial charge in [0.05, 0.1) is 6.54 Å². The second-order valence-electron chi connectivity index (χ2n) is 6.41. The third kappa shape index (κ3) is 2.31. The molecule has 0 spiro atoms. The summed E-state index contributed by atoms with van der Waals surface area (Å²) in [6.45, 7) is 4.92. The molecule has 0 fully saturated rings. The number of hydrogen-bond acceptors (Lipinski definition) is 3. The highest BCUT2D eigenvalue weighted by molar-refractivity contribution is 6.21. The molecule has 2 aliphatic rings. The molecule has 0 bridgehead atoms. The maximum absolute atomic E-state index is 12.5. The van der Waals surface area contributed by atoms with Crippen molar-refractivity contribution in [1.29, 1.82) is 0 Å². The zero-order valence-electron chi connectivity index (χ0n) is 13.3. The van der Waals surface area contributed by atoms with E-state index >= 15 is 0 Å². The van der Waals surface area contributed by atoms with E-state index in [1.54, 1.807) is 0 Å². The normalized spacial score (nSPS) is 18.8. The number of benzene rings is 2. The van der Waals surface area contributed by atoms with Crippen molar-refractivity contribution in [3.05, 3.63) is 59.2 Å². The lowest BCUT2D eigenvalue weighted by molar-refractivity contribution is -0.115. The topological polar surface area (TPSA) is 53.5 Å². The SMILES string of the molecule is CC(C)c1ccc2c(c1)NC(=O)C2C1=NCc2ccccc2N1. The smallest absolute Gasteiger partial charge is 0.239 e. The van der Waals surface area contributed by atoms with Crippen LogP contribution in [-0.2, 0) is 11.3 Å². The molecule has 2 aromatic rings. The third-order valence-electron chi connectivity index (χ3n) is 4.55. The summed E-state index contributed by atoms with van der Waals surface area (Å²) >= 11 is 0. The predicted molar refractivity (Wildman–Crippen MR) is 93.1 cm³/mol. The van der Waals surface area contributed by atoms with Crippen LogP contribution in [0.1, 0.15) is 42.4 Å². The van der Waals surface area contributed by atoms with Gasteiger partial charge in [-0.25, -0.2) is 0 Å². The number of nitrogens with one attached hydrogen (secondary N) is 2. The number of amidine groups is 1. The lowest BCUT2D eigenvalue weighted by Gasteiger charge is -2.21. The summed E-state index contributed by atoms with van der Waals surface area (Å²) in [5, 5.41) is 6.34. The molecule has 2 heterocycles. The van der Waals surface area contributed by atoms with Crippen molar-refractivity contribution in [2.24, 2.45) is 4.99 Å². The lowest BCUT2D eigenvalue weighted by atomic mass is 9.94. The van der Waals surface area contributed by atoms with Gasteiger partial charge in [0, 0.05) is 11.4 Å². The van der Waals surface area contributed by atoms with Crippen LogP contribution in [0.15, 0.2) is 47.5 Å². The summed E-state index contributed by atoms with van der Waals surface area (Å²) in [7, 11) is 0. The minimum absolute atomic E-state index is 0.00784. The fraction of sp³-hybridized carbons (Fsp3) is 0.263. The molecule has 4 nitrogen and oxygen atoms in total. The summed E-state index contributed by atoms with van der Waals surface area (Å²) in [4.78, 5) is 17.1. The lowest BCUT2D eigenvalue weighted by Crippen LogP contribution is -2.29. The van der Waals surface area contributed by atoms with Crippen molar-refractivity contribution in [3.63, 3.8) is 0 Å². The first-order valence-electron chi connectivity index (χ1n) is 7.97. The average Bonchev–Trinajstić information content (AvgIpc) is 2.89. The van der Waals surface area contributed by atoms with Crippen LogP contribution >= 0.6 is 0 Å². The van der Waals surface area contributed by atoms with Gasteiger partial charge in [0.25, 0.3) is 0 Å². The van der Waals surface area contributed by atoms with E-state index in [1.807, 2.05) is 18.2 Å². The molecule has 0 aliphatic carbocycles. The van der Waals surface area contributed by atoms with Gasteiger partial charge in [0.2, 0.25) is 5.91 Å². The van der Waals surface area contributed by atoms with E-state index in [1.165, 1.54) is 5.56 Å². The Labute approximate surface area is 135 Å². The summed E-state index contributed by atoms with van der Waals surface area (Å²) in [5.74, 6) is 0.816. The third-order valence-corrected chi connectivity index (χ3v) is 4.55. The van der Waals surface area contributed by atoms with E-state index in [2.05, 4.69) is 53.7 Å². The second kappa shape index (κ2) is 5.23. The molecule has 1 amide bonds.